The topological polar surface area (TPSA) is 29.3 Å². The molecule has 0 saturated carbocycles. The highest BCUT2D eigenvalue weighted by atomic mass is 15.2. The van der Waals surface area contributed by atoms with Crippen molar-refractivity contribution in [1.29, 1.82) is 0 Å². The van der Waals surface area contributed by atoms with Gasteiger partial charge in [0.25, 0.3) is 0 Å². The Labute approximate surface area is 76.1 Å². The molecule has 1 saturated heterocycles. The molecule has 2 heteroatoms. The maximum absolute atomic E-state index is 6.17. The molecule has 0 unspecified atom stereocenters. The van der Waals surface area contributed by atoms with E-state index in [1.807, 2.05) is 0 Å². The van der Waals surface area contributed by atoms with Crippen LogP contribution < -0.4 is 5.73 Å². The van der Waals surface area contributed by atoms with Crippen molar-refractivity contribution in [3.8, 4) is 0 Å². The molecule has 0 aromatic heterocycles. The maximum Gasteiger partial charge on any atom is 0.0435 e. The Hall–Kier alpha value is -0.0800. The molecule has 0 amide bonds. The lowest BCUT2D eigenvalue weighted by molar-refractivity contribution is 0.0291. The fourth-order valence-corrected chi connectivity index (χ4v) is 1.80. The Morgan fingerprint density at radius 2 is 1.75 bits per heavy atom. The second-order valence-electron chi connectivity index (χ2n) is 4.95. The molecule has 0 radical (unpaired) electrons. The van der Waals surface area contributed by atoms with Crippen LogP contribution >= 0.6 is 0 Å². The van der Waals surface area contributed by atoms with Crippen molar-refractivity contribution in [2.24, 2.45) is 17.6 Å². The third-order valence-corrected chi connectivity index (χ3v) is 2.81. The normalized spacial score (nSPS) is 23.2. The quantitative estimate of drug-likeness (QED) is 0.692. The summed E-state index contributed by atoms with van der Waals surface area (Å²) in [7, 11) is 0. The van der Waals surface area contributed by atoms with Gasteiger partial charge in [0, 0.05) is 25.2 Å². The van der Waals surface area contributed by atoms with Gasteiger partial charge in [-0.2, -0.15) is 0 Å². The van der Waals surface area contributed by atoms with E-state index < -0.39 is 0 Å². The molecule has 0 aromatic rings. The fourth-order valence-electron chi connectivity index (χ4n) is 1.80. The van der Waals surface area contributed by atoms with Crippen molar-refractivity contribution in [3.05, 3.63) is 0 Å². The van der Waals surface area contributed by atoms with Gasteiger partial charge in [-0.05, 0) is 11.8 Å². The van der Waals surface area contributed by atoms with Crippen LogP contribution in [-0.2, 0) is 0 Å². The summed E-state index contributed by atoms with van der Waals surface area (Å²) in [6, 6.07) is 0. The van der Waals surface area contributed by atoms with Crippen molar-refractivity contribution in [2.75, 3.05) is 19.6 Å². The summed E-state index contributed by atoms with van der Waals surface area (Å²) >= 11 is 0. The minimum absolute atomic E-state index is 0.106. The van der Waals surface area contributed by atoms with Gasteiger partial charge in [-0.1, -0.05) is 27.7 Å². The van der Waals surface area contributed by atoms with Crippen LogP contribution in [-0.4, -0.2) is 30.1 Å². The first-order valence-electron chi connectivity index (χ1n) is 4.95. The first-order chi connectivity index (χ1) is 5.44. The first kappa shape index (κ1) is 10.0. The molecule has 12 heavy (non-hydrogen) atoms. The van der Waals surface area contributed by atoms with Crippen molar-refractivity contribution < 1.29 is 0 Å². The molecule has 0 spiro atoms. The minimum Gasteiger partial charge on any atom is -0.323 e. The van der Waals surface area contributed by atoms with Crippen molar-refractivity contribution in [2.45, 2.75) is 33.2 Å². The third-order valence-electron chi connectivity index (χ3n) is 2.81. The van der Waals surface area contributed by atoms with E-state index in [0.29, 0.717) is 5.92 Å². The molecule has 1 aliphatic rings. The van der Waals surface area contributed by atoms with Crippen LogP contribution in [0.5, 0.6) is 0 Å². The standard InChI is InChI=1S/C10H22N2/c1-8(2)5-12-6-10(11,7-12)9(3)4/h8-9H,5-7,11H2,1-4H3. The highest BCUT2D eigenvalue weighted by molar-refractivity contribution is 5.01. The van der Waals surface area contributed by atoms with Gasteiger partial charge in [-0.3, -0.25) is 4.90 Å². The van der Waals surface area contributed by atoms with Crippen LogP contribution in [0.1, 0.15) is 27.7 Å². The van der Waals surface area contributed by atoms with Gasteiger partial charge in [0.05, 0.1) is 0 Å². The molecular weight excluding hydrogens is 148 g/mol. The number of nitrogens with two attached hydrogens (primary N) is 1. The van der Waals surface area contributed by atoms with Crippen LogP contribution in [0.2, 0.25) is 0 Å². The maximum atomic E-state index is 6.17. The van der Waals surface area contributed by atoms with E-state index in [-0.39, 0.29) is 5.54 Å². The number of hydrogen-bond donors (Lipinski definition) is 1. The Morgan fingerprint density at radius 1 is 1.25 bits per heavy atom. The lowest BCUT2D eigenvalue weighted by atomic mass is 9.80. The number of likely N-dealkylation sites (tertiary alicyclic amines) is 1. The van der Waals surface area contributed by atoms with Crippen LogP contribution in [0, 0.1) is 11.8 Å². The lowest BCUT2D eigenvalue weighted by Crippen LogP contribution is -2.70. The Balaban J connectivity index is 2.27. The van der Waals surface area contributed by atoms with E-state index >= 15 is 0 Å². The van der Waals surface area contributed by atoms with E-state index in [1.54, 1.807) is 0 Å². The van der Waals surface area contributed by atoms with E-state index in [0.717, 1.165) is 19.0 Å². The molecule has 0 aromatic carbocycles. The molecule has 1 fully saturated rings. The lowest BCUT2D eigenvalue weighted by Gasteiger charge is -2.51. The van der Waals surface area contributed by atoms with Crippen LogP contribution in [0.4, 0.5) is 0 Å². The first-order valence-corrected chi connectivity index (χ1v) is 4.95. The number of rotatable bonds is 3. The number of nitrogens with zero attached hydrogens (tertiary/aromatic N) is 1. The van der Waals surface area contributed by atoms with Crippen LogP contribution in [0.15, 0.2) is 0 Å². The van der Waals surface area contributed by atoms with E-state index in [9.17, 15) is 0 Å². The highest BCUT2D eigenvalue weighted by Crippen LogP contribution is 2.26. The molecule has 1 heterocycles. The minimum atomic E-state index is 0.106. The van der Waals surface area contributed by atoms with Gasteiger partial charge in [0.15, 0.2) is 0 Å². The monoisotopic (exact) mass is 170 g/mol. The second kappa shape index (κ2) is 3.35. The molecule has 1 rings (SSSR count). The van der Waals surface area contributed by atoms with Gasteiger partial charge in [-0.15, -0.1) is 0 Å². The summed E-state index contributed by atoms with van der Waals surface area (Å²) in [4.78, 5) is 2.45. The van der Waals surface area contributed by atoms with Gasteiger partial charge in [0.2, 0.25) is 0 Å². The fraction of sp³-hybridized carbons (Fsp3) is 1.00. The van der Waals surface area contributed by atoms with E-state index in [4.69, 9.17) is 5.73 Å². The second-order valence-corrected chi connectivity index (χ2v) is 4.95. The van der Waals surface area contributed by atoms with Crippen molar-refractivity contribution in [1.82, 2.24) is 4.90 Å². The highest BCUT2D eigenvalue weighted by Gasteiger charge is 2.41. The SMILES string of the molecule is CC(C)CN1CC(N)(C(C)C)C1. The summed E-state index contributed by atoms with van der Waals surface area (Å²) in [5, 5.41) is 0. The Morgan fingerprint density at radius 3 is 2.08 bits per heavy atom. The van der Waals surface area contributed by atoms with Gasteiger partial charge in [0.1, 0.15) is 0 Å². The molecule has 2 N–H and O–H groups in total. The third kappa shape index (κ3) is 1.99. The molecule has 2 nitrogen and oxygen atoms in total. The summed E-state index contributed by atoms with van der Waals surface area (Å²) in [6.07, 6.45) is 0. The van der Waals surface area contributed by atoms with Crippen molar-refractivity contribution in [3.63, 3.8) is 0 Å². The van der Waals surface area contributed by atoms with Crippen LogP contribution in [0.25, 0.3) is 0 Å². The van der Waals surface area contributed by atoms with E-state index in [2.05, 4.69) is 32.6 Å². The Bertz CT molecular complexity index is 146. The average molecular weight is 170 g/mol. The summed E-state index contributed by atoms with van der Waals surface area (Å²) < 4.78 is 0. The van der Waals surface area contributed by atoms with Crippen molar-refractivity contribution >= 4 is 0 Å². The van der Waals surface area contributed by atoms with Gasteiger partial charge in [-0.25, -0.2) is 0 Å². The van der Waals surface area contributed by atoms with Gasteiger partial charge < -0.3 is 5.73 Å². The summed E-state index contributed by atoms with van der Waals surface area (Å²) in [5.41, 5.74) is 6.28. The molecule has 0 atom stereocenters. The zero-order valence-electron chi connectivity index (χ0n) is 8.80. The largest absolute Gasteiger partial charge is 0.323 e. The van der Waals surface area contributed by atoms with Gasteiger partial charge >= 0.3 is 0 Å². The summed E-state index contributed by atoms with van der Waals surface area (Å²) in [5.74, 6) is 1.38. The Kier molecular flexibility index (Phi) is 2.79. The average Bonchev–Trinajstić information content (AvgIpc) is 1.82. The zero-order valence-corrected chi connectivity index (χ0v) is 8.80. The molecule has 0 aliphatic carbocycles. The molecule has 1 aliphatic heterocycles. The van der Waals surface area contributed by atoms with Crippen LogP contribution in [0.3, 0.4) is 0 Å². The summed E-state index contributed by atoms with van der Waals surface area (Å²) in [6.45, 7) is 12.3. The number of hydrogen-bond acceptors (Lipinski definition) is 2. The molecule has 72 valence electrons. The predicted molar refractivity (Wildman–Crippen MR) is 53.0 cm³/mol. The smallest absolute Gasteiger partial charge is 0.0435 e. The zero-order chi connectivity index (χ0) is 9.35. The van der Waals surface area contributed by atoms with E-state index in [1.165, 1.54) is 6.54 Å². The molecule has 0 bridgehead atoms. The predicted octanol–water partition coefficient (Wildman–Crippen LogP) is 1.31. The molecular formula is C10H22N2.